The van der Waals surface area contributed by atoms with Gasteiger partial charge < -0.3 is 10.1 Å². The zero-order valence-electron chi connectivity index (χ0n) is 12.9. The number of carbonyl (C=O) groups is 2. The number of ether oxygens (including phenoxy) is 1. The highest BCUT2D eigenvalue weighted by Crippen LogP contribution is 2.25. The number of halogens is 3. The van der Waals surface area contributed by atoms with Crippen LogP contribution in [0.15, 0.2) is 36.4 Å². The van der Waals surface area contributed by atoms with Crippen LogP contribution in [0.25, 0.3) is 0 Å². The first kappa shape index (κ1) is 18.2. The summed E-state index contributed by atoms with van der Waals surface area (Å²) in [6.45, 7) is 2.98. The van der Waals surface area contributed by atoms with Gasteiger partial charge in [-0.2, -0.15) is 0 Å². The first-order chi connectivity index (χ1) is 11.3. The molecular formula is C17H14Cl2FNO3. The Morgan fingerprint density at radius 3 is 2.50 bits per heavy atom. The fourth-order valence-electron chi connectivity index (χ4n) is 1.83. The van der Waals surface area contributed by atoms with Crippen LogP contribution in [0.3, 0.4) is 0 Å². The van der Waals surface area contributed by atoms with E-state index in [1.54, 1.807) is 13.0 Å². The molecule has 0 aliphatic carbocycles. The molecule has 0 aromatic heterocycles. The fourth-order valence-corrected chi connectivity index (χ4v) is 2.28. The van der Waals surface area contributed by atoms with E-state index in [0.29, 0.717) is 16.3 Å². The standard InChI is InChI=1S/C17H14Cl2FNO3/c1-9-3-4-11(7-14(9)20)17(23)24-10(2)16(22)21-15-6-5-12(18)8-13(15)19/h3-8,10H,1-2H3,(H,21,22)/t10-/m0/s1. The van der Waals surface area contributed by atoms with Gasteiger partial charge in [-0.25, -0.2) is 9.18 Å². The number of hydrogen-bond acceptors (Lipinski definition) is 3. The first-order valence-electron chi connectivity index (χ1n) is 7.01. The summed E-state index contributed by atoms with van der Waals surface area (Å²) in [5, 5.41) is 3.22. The molecule has 0 aliphatic heterocycles. The first-order valence-corrected chi connectivity index (χ1v) is 7.76. The predicted octanol–water partition coefficient (Wildman–Crippen LogP) is 4.62. The van der Waals surface area contributed by atoms with E-state index in [1.165, 1.54) is 31.2 Å². The Morgan fingerprint density at radius 2 is 1.88 bits per heavy atom. The minimum atomic E-state index is -1.09. The highest BCUT2D eigenvalue weighted by Gasteiger charge is 2.20. The number of rotatable bonds is 4. The molecule has 24 heavy (non-hydrogen) atoms. The van der Waals surface area contributed by atoms with Crippen LogP contribution >= 0.6 is 23.2 Å². The van der Waals surface area contributed by atoms with E-state index in [2.05, 4.69) is 5.32 Å². The molecule has 1 amide bonds. The number of hydrogen-bond donors (Lipinski definition) is 1. The Labute approximate surface area is 148 Å². The molecule has 2 rings (SSSR count). The van der Waals surface area contributed by atoms with Gasteiger partial charge in [-0.3, -0.25) is 4.79 Å². The van der Waals surface area contributed by atoms with Crippen molar-refractivity contribution in [1.82, 2.24) is 0 Å². The molecule has 0 spiro atoms. The average molecular weight is 370 g/mol. The molecule has 0 saturated heterocycles. The molecule has 0 radical (unpaired) electrons. The fraction of sp³-hybridized carbons (Fsp3) is 0.176. The topological polar surface area (TPSA) is 55.4 Å². The monoisotopic (exact) mass is 369 g/mol. The van der Waals surface area contributed by atoms with Crippen molar-refractivity contribution < 1.29 is 18.7 Å². The minimum Gasteiger partial charge on any atom is -0.449 e. The Bertz CT molecular complexity index is 795. The second-order valence-corrected chi connectivity index (χ2v) is 5.97. The number of benzene rings is 2. The number of nitrogens with one attached hydrogen (secondary N) is 1. The van der Waals surface area contributed by atoms with Crippen LogP contribution in [-0.2, 0) is 9.53 Å². The van der Waals surface area contributed by atoms with Crippen molar-refractivity contribution in [2.24, 2.45) is 0 Å². The molecule has 2 aromatic carbocycles. The number of aryl methyl sites for hydroxylation is 1. The van der Waals surface area contributed by atoms with E-state index in [1.807, 2.05) is 0 Å². The summed E-state index contributed by atoms with van der Waals surface area (Å²) in [5.41, 5.74) is 0.785. The summed E-state index contributed by atoms with van der Waals surface area (Å²) < 4.78 is 18.5. The quantitative estimate of drug-likeness (QED) is 0.799. The van der Waals surface area contributed by atoms with Gasteiger partial charge in [0, 0.05) is 5.02 Å². The van der Waals surface area contributed by atoms with E-state index in [0.717, 1.165) is 6.07 Å². The normalized spacial score (nSPS) is 11.7. The molecule has 1 atom stereocenters. The SMILES string of the molecule is Cc1ccc(C(=O)O[C@@H](C)C(=O)Nc2ccc(Cl)cc2Cl)cc1F. The lowest BCUT2D eigenvalue weighted by atomic mass is 10.1. The summed E-state index contributed by atoms with van der Waals surface area (Å²) in [4.78, 5) is 24.1. The van der Waals surface area contributed by atoms with Crippen LogP contribution in [0.4, 0.5) is 10.1 Å². The van der Waals surface area contributed by atoms with E-state index in [4.69, 9.17) is 27.9 Å². The Hall–Kier alpha value is -2.11. The molecule has 0 saturated carbocycles. The second kappa shape index (κ2) is 7.64. The van der Waals surface area contributed by atoms with Gasteiger partial charge in [0.25, 0.3) is 5.91 Å². The largest absolute Gasteiger partial charge is 0.449 e. The van der Waals surface area contributed by atoms with Crippen molar-refractivity contribution in [3.8, 4) is 0 Å². The zero-order valence-corrected chi connectivity index (χ0v) is 14.4. The van der Waals surface area contributed by atoms with Gasteiger partial charge in [0.1, 0.15) is 5.82 Å². The Balaban J connectivity index is 2.02. The van der Waals surface area contributed by atoms with Gasteiger partial charge in [0.2, 0.25) is 0 Å². The summed E-state index contributed by atoms with van der Waals surface area (Å²) in [7, 11) is 0. The second-order valence-electron chi connectivity index (χ2n) is 5.12. The number of carbonyl (C=O) groups excluding carboxylic acids is 2. The van der Waals surface area contributed by atoms with Crippen molar-refractivity contribution in [3.05, 3.63) is 63.4 Å². The van der Waals surface area contributed by atoms with Crippen LogP contribution < -0.4 is 5.32 Å². The lowest BCUT2D eigenvalue weighted by molar-refractivity contribution is -0.123. The molecule has 4 nitrogen and oxygen atoms in total. The summed E-state index contributed by atoms with van der Waals surface area (Å²) >= 11 is 11.7. The van der Waals surface area contributed by atoms with Gasteiger partial charge in [0.05, 0.1) is 16.3 Å². The van der Waals surface area contributed by atoms with Crippen molar-refractivity contribution in [2.75, 3.05) is 5.32 Å². The highest BCUT2D eigenvalue weighted by molar-refractivity contribution is 6.36. The minimum absolute atomic E-state index is 0.0299. The van der Waals surface area contributed by atoms with Gasteiger partial charge in [-0.1, -0.05) is 29.3 Å². The maximum Gasteiger partial charge on any atom is 0.339 e. The Kier molecular flexibility index (Phi) is 5.80. The molecule has 0 fully saturated rings. The van der Waals surface area contributed by atoms with Crippen molar-refractivity contribution in [3.63, 3.8) is 0 Å². The van der Waals surface area contributed by atoms with Gasteiger partial charge in [0.15, 0.2) is 6.10 Å². The van der Waals surface area contributed by atoms with E-state index in [-0.39, 0.29) is 10.6 Å². The highest BCUT2D eigenvalue weighted by atomic mass is 35.5. The van der Waals surface area contributed by atoms with E-state index >= 15 is 0 Å². The zero-order chi connectivity index (χ0) is 17.9. The molecular weight excluding hydrogens is 356 g/mol. The van der Waals surface area contributed by atoms with Crippen molar-refractivity contribution in [2.45, 2.75) is 20.0 Å². The van der Waals surface area contributed by atoms with Crippen LogP contribution in [0.5, 0.6) is 0 Å². The number of amides is 1. The average Bonchev–Trinajstić information content (AvgIpc) is 2.52. The molecule has 0 aliphatic rings. The summed E-state index contributed by atoms with van der Waals surface area (Å²) in [6, 6.07) is 8.54. The third-order valence-electron chi connectivity index (χ3n) is 3.25. The van der Waals surface area contributed by atoms with Crippen LogP contribution in [0.2, 0.25) is 10.0 Å². The number of esters is 1. The van der Waals surface area contributed by atoms with Crippen molar-refractivity contribution >= 4 is 40.8 Å². The van der Waals surface area contributed by atoms with Gasteiger partial charge >= 0.3 is 5.97 Å². The molecule has 0 bridgehead atoms. The molecule has 0 heterocycles. The van der Waals surface area contributed by atoms with Gasteiger partial charge in [-0.05, 0) is 49.7 Å². The number of anilines is 1. The Morgan fingerprint density at radius 1 is 1.17 bits per heavy atom. The lowest BCUT2D eigenvalue weighted by Gasteiger charge is -2.14. The van der Waals surface area contributed by atoms with Crippen LogP contribution in [0.1, 0.15) is 22.8 Å². The molecule has 1 N–H and O–H groups in total. The predicted molar refractivity (Wildman–Crippen MR) is 91.1 cm³/mol. The third-order valence-corrected chi connectivity index (χ3v) is 3.80. The van der Waals surface area contributed by atoms with Gasteiger partial charge in [-0.15, -0.1) is 0 Å². The molecule has 0 unspecified atom stereocenters. The molecule has 7 heteroatoms. The smallest absolute Gasteiger partial charge is 0.339 e. The van der Waals surface area contributed by atoms with Crippen LogP contribution in [-0.4, -0.2) is 18.0 Å². The van der Waals surface area contributed by atoms with E-state index < -0.39 is 23.8 Å². The van der Waals surface area contributed by atoms with E-state index in [9.17, 15) is 14.0 Å². The summed E-state index contributed by atoms with van der Waals surface area (Å²) in [5.74, 6) is -1.88. The van der Waals surface area contributed by atoms with Crippen LogP contribution in [0, 0.1) is 12.7 Å². The van der Waals surface area contributed by atoms with Crippen molar-refractivity contribution in [1.29, 1.82) is 0 Å². The maximum absolute atomic E-state index is 13.5. The lowest BCUT2D eigenvalue weighted by Crippen LogP contribution is -2.30. The molecule has 126 valence electrons. The molecule has 2 aromatic rings. The third kappa shape index (κ3) is 4.46. The maximum atomic E-state index is 13.5. The summed E-state index contributed by atoms with van der Waals surface area (Å²) in [6.07, 6.45) is -1.09.